The fourth-order valence-corrected chi connectivity index (χ4v) is 1.71. The van der Waals surface area contributed by atoms with Crippen LogP contribution in [0.15, 0.2) is 12.1 Å². The average Bonchev–Trinajstić information content (AvgIpc) is 2.39. The van der Waals surface area contributed by atoms with Crippen LogP contribution in [0.25, 0.3) is 0 Å². The molecule has 0 radical (unpaired) electrons. The molecule has 0 atom stereocenters. The van der Waals surface area contributed by atoms with E-state index in [1.54, 1.807) is 0 Å². The number of aromatic hydroxyl groups is 1. The monoisotopic (exact) mass is 254 g/mol. The molecule has 18 heavy (non-hydrogen) atoms. The van der Waals surface area contributed by atoms with E-state index in [1.165, 1.54) is 39.2 Å². The highest BCUT2D eigenvalue weighted by Gasteiger charge is 2.13. The summed E-state index contributed by atoms with van der Waals surface area (Å²) in [5, 5.41) is 9.51. The first-order chi connectivity index (χ1) is 8.72. The minimum atomic E-state index is 0.0991. The second kappa shape index (κ2) is 7.69. The van der Waals surface area contributed by atoms with Crippen molar-refractivity contribution in [1.82, 2.24) is 0 Å². The van der Waals surface area contributed by atoms with E-state index in [-0.39, 0.29) is 5.75 Å². The predicted molar refractivity (Wildman–Crippen MR) is 70.8 cm³/mol. The van der Waals surface area contributed by atoms with Crippen molar-refractivity contribution in [1.29, 1.82) is 0 Å². The van der Waals surface area contributed by atoms with Gasteiger partial charge in [0.1, 0.15) is 5.75 Å². The van der Waals surface area contributed by atoms with Crippen LogP contribution >= 0.6 is 0 Å². The van der Waals surface area contributed by atoms with Gasteiger partial charge in [0.25, 0.3) is 0 Å². The van der Waals surface area contributed by atoms with Crippen LogP contribution in [0.4, 0.5) is 0 Å². The predicted octanol–water partition coefficient (Wildman–Crippen LogP) is 3.37. The van der Waals surface area contributed by atoms with Crippen LogP contribution in [-0.4, -0.2) is 25.9 Å². The molecule has 1 aromatic rings. The molecule has 1 N–H and O–H groups in total. The Kier molecular flexibility index (Phi) is 6.19. The lowest BCUT2D eigenvalue weighted by atomic mass is 10.2. The molecule has 0 aliphatic carbocycles. The van der Waals surface area contributed by atoms with E-state index in [0.717, 1.165) is 12.8 Å². The minimum Gasteiger partial charge on any atom is -0.508 e. The van der Waals surface area contributed by atoms with Crippen molar-refractivity contribution in [2.45, 2.75) is 32.6 Å². The molecule has 4 nitrogen and oxygen atoms in total. The standard InChI is InChI=1S/C14H22O4/c1-4-5-6-7-8-18-14-12(16-2)9-11(15)10-13(14)17-3/h9-10,15H,4-8H2,1-3H3. The zero-order chi connectivity index (χ0) is 13.4. The third kappa shape index (κ3) is 4.02. The van der Waals surface area contributed by atoms with Crippen molar-refractivity contribution < 1.29 is 19.3 Å². The molecule has 0 amide bonds. The van der Waals surface area contributed by atoms with E-state index < -0.39 is 0 Å². The lowest BCUT2D eigenvalue weighted by Crippen LogP contribution is -2.01. The van der Waals surface area contributed by atoms with Gasteiger partial charge in [0.2, 0.25) is 5.75 Å². The third-order valence-electron chi connectivity index (χ3n) is 2.69. The van der Waals surface area contributed by atoms with E-state index in [2.05, 4.69) is 6.92 Å². The van der Waals surface area contributed by atoms with Crippen molar-refractivity contribution in [3.63, 3.8) is 0 Å². The second-order valence-corrected chi connectivity index (χ2v) is 4.09. The Morgan fingerprint density at radius 2 is 1.61 bits per heavy atom. The zero-order valence-electron chi connectivity index (χ0n) is 11.4. The molecule has 0 spiro atoms. The first-order valence-corrected chi connectivity index (χ1v) is 6.30. The van der Waals surface area contributed by atoms with E-state index in [9.17, 15) is 5.11 Å². The Morgan fingerprint density at radius 3 is 2.11 bits per heavy atom. The van der Waals surface area contributed by atoms with Crippen LogP contribution in [0.1, 0.15) is 32.6 Å². The molecule has 0 saturated heterocycles. The molecule has 4 heteroatoms. The number of hydrogen-bond acceptors (Lipinski definition) is 4. The lowest BCUT2D eigenvalue weighted by molar-refractivity contribution is 0.266. The molecular weight excluding hydrogens is 232 g/mol. The van der Waals surface area contributed by atoms with Crippen molar-refractivity contribution in [3.8, 4) is 23.0 Å². The molecule has 0 fully saturated rings. The first kappa shape index (κ1) is 14.5. The van der Waals surface area contributed by atoms with Gasteiger partial charge in [-0.3, -0.25) is 0 Å². The van der Waals surface area contributed by atoms with E-state index in [4.69, 9.17) is 14.2 Å². The maximum Gasteiger partial charge on any atom is 0.203 e. The van der Waals surface area contributed by atoms with Gasteiger partial charge in [-0.2, -0.15) is 0 Å². The summed E-state index contributed by atoms with van der Waals surface area (Å²) in [5.74, 6) is 1.63. The Labute approximate surface area is 108 Å². The van der Waals surface area contributed by atoms with Crippen molar-refractivity contribution in [2.24, 2.45) is 0 Å². The van der Waals surface area contributed by atoms with Gasteiger partial charge < -0.3 is 19.3 Å². The number of methoxy groups -OCH3 is 2. The number of phenolic OH excluding ortho intramolecular Hbond substituents is 1. The Hall–Kier alpha value is -1.58. The molecule has 0 aliphatic heterocycles. The normalized spacial score (nSPS) is 10.2. The molecule has 1 rings (SSSR count). The fourth-order valence-electron chi connectivity index (χ4n) is 1.71. The summed E-state index contributed by atoms with van der Waals surface area (Å²) in [7, 11) is 3.08. The highest BCUT2D eigenvalue weighted by molar-refractivity contribution is 5.55. The molecular formula is C14H22O4. The smallest absolute Gasteiger partial charge is 0.203 e. The molecule has 0 aromatic heterocycles. The Morgan fingerprint density at radius 1 is 1.00 bits per heavy atom. The van der Waals surface area contributed by atoms with Crippen LogP contribution in [-0.2, 0) is 0 Å². The van der Waals surface area contributed by atoms with E-state index in [0.29, 0.717) is 23.9 Å². The third-order valence-corrected chi connectivity index (χ3v) is 2.69. The number of hydrogen-bond donors (Lipinski definition) is 1. The quantitative estimate of drug-likeness (QED) is 0.722. The Bertz CT molecular complexity index is 338. The van der Waals surface area contributed by atoms with Crippen LogP contribution in [0, 0.1) is 0 Å². The zero-order valence-corrected chi connectivity index (χ0v) is 11.4. The van der Waals surface area contributed by atoms with E-state index in [1.807, 2.05) is 0 Å². The number of benzene rings is 1. The van der Waals surface area contributed by atoms with Gasteiger partial charge in [-0.1, -0.05) is 26.2 Å². The van der Waals surface area contributed by atoms with Gasteiger partial charge >= 0.3 is 0 Å². The summed E-state index contributed by atoms with van der Waals surface area (Å²) >= 11 is 0. The van der Waals surface area contributed by atoms with Crippen molar-refractivity contribution in [3.05, 3.63) is 12.1 Å². The van der Waals surface area contributed by atoms with E-state index >= 15 is 0 Å². The average molecular weight is 254 g/mol. The van der Waals surface area contributed by atoms with Gasteiger partial charge in [-0.05, 0) is 6.42 Å². The second-order valence-electron chi connectivity index (χ2n) is 4.09. The maximum atomic E-state index is 9.51. The summed E-state index contributed by atoms with van der Waals surface area (Å²) < 4.78 is 16.1. The highest BCUT2D eigenvalue weighted by atomic mass is 16.5. The minimum absolute atomic E-state index is 0.0991. The molecule has 0 heterocycles. The summed E-state index contributed by atoms with van der Waals surface area (Å²) in [6.45, 7) is 2.80. The first-order valence-electron chi connectivity index (χ1n) is 6.30. The molecule has 1 aromatic carbocycles. The topological polar surface area (TPSA) is 47.9 Å². The number of unbranched alkanes of at least 4 members (excludes halogenated alkanes) is 3. The molecule has 0 bridgehead atoms. The number of phenols is 1. The van der Waals surface area contributed by atoms with Crippen LogP contribution in [0.5, 0.6) is 23.0 Å². The van der Waals surface area contributed by atoms with Crippen LogP contribution in [0.3, 0.4) is 0 Å². The van der Waals surface area contributed by atoms with Crippen molar-refractivity contribution >= 4 is 0 Å². The van der Waals surface area contributed by atoms with Crippen molar-refractivity contribution in [2.75, 3.05) is 20.8 Å². The largest absolute Gasteiger partial charge is 0.508 e. The number of rotatable bonds is 8. The summed E-state index contributed by atoms with van der Waals surface area (Å²) in [4.78, 5) is 0. The molecule has 0 unspecified atom stereocenters. The van der Waals surface area contributed by atoms with Gasteiger partial charge in [0, 0.05) is 12.1 Å². The Balaban J connectivity index is 2.67. The maximum absolute atomic E-state index is 9.51. The van der Waals surface area contributed by atoms with Crippen LogP contribution in [0.2, 0.25) is 0 Å². The molecule has 102 valence electrons. The summed E-state index contributed by atoms with van der Waals surface area (Å²) in [6, 6.07) is 3.04. The molecule has 0 saturated carbocycles. The van der Waals surface area contributed by atoms with Crippen LogP contribution < -0.4 is 14.2 Å². The molecule has 0 aliphatic rings. The fraction of sp³-hybridized carbons (Fsp3) is 0.571. The van der Waals surface area contributed by atoms with Gasteiger partial charge in [0.15, 0.2) is 11.5 Å². The SMILES string of the molecule is CCCCCCOc1c(OC)cc(O)cc1OC. The summed E-state index contributed by atoms with van der Waals surface area (Å²) in [5.41, 5.74) is 0. The highest BCUT2D eigenvalue weighted by Crippen LogP contribution is 2.40. The van der Waals surface area contributed by atoms with Gasteiger partial charge in [0.05, 0.1) is 20.8 Å². The summed E-state index contributed by atoms with van der Waals surface area (Å²) in [6.07, 6.45) is 4.57. The number of ether oxygens (including phenoxy) is 3. The van der Waals surface area contributed by atoms with Gasteiger partial charge in [-0.15, -0.1) is 0 Å². The van der Waals surface area contributed by atoms with Gasteiger partial charge in [-0.25, -0.2) is 0 Å². The lowest BCUT2D eigenvalue weighted by Gasteiger charge is -2.14.